The predicted octanol–water partition coefficient (Wildman–Crippen LogP) is 4.66. The molecule has 2 atom stereocenters. The van der Waals surface area contributed by atoms with Crippen molar-refractivity contribution < 1.29 is 19.0 Å². The van der Waals surface area contributed by atoms with Crippen molar-refractivity contribution in [1.29, 1.82) is 0 Å². The lowest BCUT2D eigenvalue weighted by atomic mass is 9.88. The largest absolute Gasteiger partial charge is 0.494 e. The van der Waals surface area contributed by atoms with E-state index in [2.05, 4.69) is 21.3 Å². The number of carbonyl (C=O) groups is 1. The number of aromatic nitrogens is 4. The van der Waals surface area contributed by atoms with E-state index in [4.69, 9.17) is 24.2 Å². The maximum atomic E-state index is 13.7. The Labute approximate surface area is 227 Å². The van der Waals surface area contributed by atoms with Crippen LogP contribution in [0.1, 0.15) is 42.5 Å². The molecular formula is C30H35N5O4. The zero-order chi connectivity index (χ0) is 26.7. The molecule has 7 rings (SSSR count). The van der Waals surface area contributed by atoms with Crippen molar-refractivity contribution in [2.75, 3.05) is 33.9 Å². The first-order chi connectivity index (χ1) is 19.0. The van der Waals surface area contributed by atoms with Gasteiger partial charge in [-0.1, -0.05) is 0 Å². The Bertz CT molecular complexity index is 1570. The zero-order valence-corrected chi connectivity index (χ0v) is 22.9. The number of rotatable bonds is 6. The van der Waals surface area contributed by atoms with Crippen LogP contribution in [0.4, 0.5) is 0 Å². The lowest BCUT2D eigenvalue weighted by molar-refractivity contribution is -0.0606. The number of imidazole rings is 1. The normalized spacial score (nSPS) is 21.4. The number of likely N-dealkylation sites (tertiary alicyclic amines) is 1. The highest BCUT2D eigenvalue weighted by molar-refractivity contribution is 6.00. The molecule has 1 aliphatic carbocycles. The fraction of sp³-hybridized carbons (Fsp3) is 0.500. The van der Waals surface area contributed by atoms with Gasteiger partial charge in [-0.3, -0.25) is 4.79 Å². The summed E-state index contributed by atoms with van der Waals surface area (Å²) in [6.07, 6.45) is 5.84. The van der Waals surface area contributed by atoms with E-state index in [1.807, 2.05) is 30.1 Å². The molecule has 0 spiro atoms. The zero-order valence-electron chi connectivity index (χ0n) is 22.9. The predicted molar refractivity (Wildman–Crippen MR) is 148 cm³/mol. The maximum Gasteiger partial charge on any atom is 0.254 e. The van der Waals surface area contributed by atoms with Crippen molar-refractivity contribution in [2.45, 2.75) is 44.8 Å². The van der Waals surface area contributed by atoms with Crippen LogP contribution in [0.15, 0.2) is 30.3 Å². The molecule has 2 saturated heterocycles. The Morgan fingerprint density at radius 2 is 1.95 bits per heavy atom. The molecule has 3 aliphatic rings. The van der Waals surface area contributed by atoms with Crippen LogP contribution in [0.3, 0.4) is 0 Å². The highest BCUT2D eigenvalue weighted by atomic mass is 16.5. The van der Waals surface area contributed by atoms with E-state index in [0.717, 1.165) is 72.5 Å². The monoisotopic (exact) mass is 529 g/mol. The lowest BCUT2D eigenvalue weighted by Crippen LogP contribution is -2.48. The fourth-order valence-electron chi connectivity index (χ4n) is 6.43. The number of aryl methyl sites for hydroxylation is 1. The van der Waals surface area contributed by atoms with Gasteiger partial charge in [-0.2, -0.15) is 4.98 Å². The van der Waals surface area contributed by atoms with Crippen LogP contribution in [-0.4, -0.2) is 69.9 Å². The average molecular weight is 530 g/mol. The molecular weight excluding hydrogens is 494 g/mol. The molecule has 1 saturated carbocycles. The summed E-state index contributed by atoms with van der Waals surface area (Å²) in [6, 6.07) is 9.88. The quantitative estimate of drug-likeness (QED) is 0.361. The molecule has 3 aromatic heterocycles. The molecule has 0 N–H and O–H groups in total. The number of nitrogens with zero attached hydrogens (tertiary/aromatic N) is 5. The maximum absolute atomic E-state index is 13.7. The lowest BCUT2D eigenvalue weighted by Gasteiger charge is -2.41. The third kappa shape index (κ3) is 4.23. The van der Waals surface area contributed by atoms with Gasteiger partial charge < -0.3 is 28.2 Å². The Morgan fingerprint density at radius 1 is 1.08 bits per heavy atom. The van der Waals surface area contributed by atoms with Gasteiger partial charge in [0.15, 0.2) is 5.82 Å². The molecule has 3 fully saturated rings. The molecule has 0 unspecified atom stereocenters. The number of fused-ring (bicyclic) bond motifs is 3. The van der Waals surface area contributed by atoms with E-state index in [9.17, 15) is 4.79 Å². The summed E-state index contributed by atoms with van der Waals surface area (Å²) in [5.41, 5.74) is 4.15. The molecule has 1 aromatic carbocycles. The summed E-state index contributed by atoms with van der Waals surface area (Å²) >= 11 is 0. The van der Waals surface area contributed by atoms with Crippen molar-refractivity contribution in [3.05, 3.63) is 35.9 Å². The first-order valence-corrected chi connectivity index (χ1v) is 14.0. The van der Waals surface area contributed by atoms with Gasteiger partial charge in [0.2, 0.25) is 5.88 Å². The van der Waals surface area contributed by atoms with Gasteiger partial charge in [0.25, 0.3) is 5.91 Å². The minimum absolute atomic E-state index is 0.0329. The second-order valence-corrected chi connectivity index (χ2v) is 11.2. The number of amides is 1. The number of methoxy groups -OCH3 is 2. The van der Waals surface area contributed by atoms with Crippen LogP contribution in [-0.2, 0) is 18.3 Å². The van der Waals surface area contributed by atoms with E-state index in [1.54, 1.807) is 14.2 Å². The molecule has 0 bridgehead atoms. The minimum Gasteiger partial charge on any atom is -0.494 e. The first-order valence-electron chi connectivity index (χ1n) is 14.0. The van der Waals surface area contributed by atoms with Gasteiger partial charge in [0.05, 0.1) is 31.5 Å². The summed E-state index contributed by atoms with van der Waals surface area (Å²) in [5, 5.41) is 1.05. The van der Waals surface area contributed by atoms with Crippen LogP contribution < -0.4 is 9.47 Å². The topological polar surface area (TPSA) is 83.6 Å². The summed E-state index contributed by atoms with van der Waals surface area (Å²) in [4.78, 5) is 25.5. The van der Waals surface area contributed by atoms with E-state index >= 15 is 0 Å². The number of carbonyl (C=O) groups excluding carboxylic acids is 1. The van der Waals surface area contributed by atoms with Crippen molar-refractivity contribution in [2.24, 2.45) is 18.9 Å². The summed E-state index contributed by atoms with van der Waals surface area (Å²) in [6.45, 7) is 3.19. The molecule has 204 valence electrons. The van der Waals surface area contributed by atoms with Crippen LogP contribution in [0.5, 0.6) is 11.6 Å². The van der Waals surface area contributed by atoms with Crippen molar-refractivity contribution >= 4 is 28.0 Å². The first kappa shape index (κ1) is 24.5. The fourth-order valence-corrected chi connectivity index (χ4v) is 6.43. The Hall–Kier alpha value is -3.59. The molecule has 9 nitrogen and oxygen atoms in total. The standard InChI is InChI=1S/C30H35N5O4/c1-33-27-22(13-21(15-25(27)37-2)30(36)34-11-10-24-20(17-34)5-4-12-39-24)31-29(33)23-14-19-8-9-26(38-3)32-28(19)35(23)16-18-6-7-18/h8-9,13-15,18,20,24H,4-7,10-12,16-17H2,1-3H3/t20-,24+/m0/s1. The van der Waals surface area contributed by atoms with Crippen LogP contribution in [0.2, 0.25) is 0 Å². The molecule has 2 aliphatic heterocycles. The highest BCUT2D eigenvalue weighted by Crippen LogP contribution is 2.38. The number of hydrogen-bond donors (Lipinski definition) is 0. The Balaban J connectivity index is 1.29. The van der Waals surface area contributed by atoms with Gasteiger partial charge in [-0.05, 0) is 62.3 Å². The molecule has 4 aromatic rings. The molecule has 1 amide bonds. The van der Waals surface area contributed by atoms with Gasteiger partial charge >= 0.3 is 0 Å². The molecule has 5 heterocycles. The van der Waals surface area contributed by atoms with Gasteiger partial charge in [-0.25, -0.2) is 4.98 Å². The second kappa shape index (κ2) is 9.55. The van der Waals surface area contributed by atoms with Gasteiger partial charge in [0, 0.05) is 56.2 Å². The van der Waals surface area contributed by atoms with Crippen LogP contribution >= 0.6 is 0 Å². The number of ether oxygens (including phenoxy) is 3. The van der Waals surface area contributed by atoms with Gasteiger partial charge in [0.1, 0.15) is 16.9 Å². The molecule has 39 heavy (non-hydrogen) atoms. The Kier molecular flexibility index (Phi) is 5.99. The molecule has 0 radical (unpaired) electrons. The third-order valence-corrected chi connectivity index (χ3v) is 8.70. The van der Waals surface area contributed by atoms with E-state index in [0.29, 0.717) is 35.6 Å². The molecule has 9 heteroatoms. The smallest absolute Gasteiger partial charge is 0.254 e. The van der Waals surface area contributed by atoms with Crippen molar-refractivity contribution in [3.8, 4) is 23.1 Å². The van der Waals surface area contributed by atoms with Crippen LogP contribution in [0, 0.1) is 11.8 Å². The number of hydrogen-bond acceptors (Lipinski definition) is 6. The highest BCUT2D eigenvalue weighted by Gasteiger charge is 2.35. The van der Waals surface area contributed by atoms with E-state index in [-0.39, 0.29) is 12.0 Å². The third-order valence-electron chi connectivity index (χ3n) is 8.70. The number of pyridine rings is 1. The van der Waals surface area contributed by atoms with E-state index in [1.165, 1.54) is 12.8 Å². The van der Waals surface area contributed by atoms with Crippen LogP contribution in [0.25, 0.3) is 33.6 Å². The minimum atomic E-state index is 0.0329. The SMILES string of the molecule is COc1ccc2cc(-c3nc4cc(C(=O)N5CC[C@H]6OCCC[C@H]6C5)cc(OC)c4n3C)n(CC3CC3)c2n1. The number of piperidine rings is 1. The Morgan fingerprint density at radius 3 is 2.74 bits per heavy atom. The van der Waals surface area contributed by atoms with Crippen molar-refractivity contribution in [3.63, 3.8) is 0 Å². The van der Waals surface area contributed by atoms with Gasteiger partial charge in [-0.15, -0.1) is 0 Å². The average Bonchev–Trinajstić information content (AvgIpc) is 3.65. The van der Waals surface area contributed by atoms with Crippen molar-refractivity contribution in [1.82, 2.24) is 24.0 Å². The summed E-state index contributed by atoms with van der Waals surface area (Å²) in [5.74, 6) is 3.18. The number of benzene rings is 1. The second-order valence-electron chi connectivity index (χ2n) is 11.2. The summed E-state index contributed by atoms with van der Waals surface area (Å²) in [7, 11) is 5.31. The van der Waals surface area contributed by atoms with E-state index < -0.39 is 0 Å². The summed E-state index contributed by atoms with van der Waals surface area (Å²) < 4.78 is 21.6.